The molecule has 0 aliphatic carbocycles. The summed E-state index contributed by atoms with van der Waals surface area (Å²) in [5.74, 6) is 0. The molecular formula is C6H9N3O. The summed E-state index contributed by atoms with van der Waals surface area (Å²) >= 11 is 0. The van der Waals surface area contributed by atoms with Gasteiger partial charge in [0.05, 0.1) is 0 Å². The number of aromatic nitrogens is 2. The second-order valence-corrected chi connectivity index (χ2v) is 2.23. The molecule has 0 bridgehead atoms. The van der Waals surface area contributed by atoms with Crippen molar-refractivity contribution in [2.24, 2.45) is 7.05 Å². The number of H-pyrrole nitrogens is 1. The molecule has 0 aliphatic heterocycles. The monoisotopic (exact) mass is 139 g/mol. The predicted molar refractivity (Wildman–Crippen MR) is 36.6 cm³/mol. The van der Waals surface area contributed by atoms with E-state index >= 15 is 0 Å². The molecule has 4 heteroatoms. The Morgan fingerprint density at radius 2 is 2.30 bits per heavy atom. The van der Waals surface area contributed by atoms with E-state index in [9.17, 15) is 4.79 Å². The smallest absolute Gasteiger partial charge is 0.304 e. The predicted octanol–water partition coefficient (Wildman–Crippen LogP) is -0.499. The standard InChI is InChI=1S/C6H9N3O/c1-4-3-9(2)6(10)8-5(4)7/h3H,1-2H3,(H2,7,8,10). The summed E-state index contributed by atoms with van der Waals surface area (Å²) in [6.07, 6.45) is 1.63. The van der Waals surface area contributed by atoms with Gasteiger partial charge in [-0.2, -0.15) is 0 Å². The number of aromatic amines is 1. The first kappa shape index (κ1) is 6.80. The summed E-state index contributed by atoms with van der Waals surface area (Å²) in [4.78, 5) is 13.2. The Morgan fingerprint density at radius 1 is 1.70 bits per heavy atom. The van der Waals surface area contributed by atoms with Crippen molar-refractivity contribution in [1.82, 2.24) is 9.55 Å². The van der Waals surface area contributed by atoms with Crippen LogP contribution in [0.5, 0.6) is 0 Å². The quantitative estimate of drug-likeness (QED) is 0.500. The van der Waals surface area contributed by atoms with Crippen molar-refractivity contribution in [2.45, 2.75) is 6.92 Å². The molecule has 0 saturated carbocycles. The van der Waals surface area contributed by atoms with Gasteiger partial charge in [0.2, 0.25) is 0 Å². The molecule has 0 saturated heterocycles. The lowest BCUT2D eigenvalue weighted by atomic mass is 10.4. The highest BCUT2D eigenvalue weighted by molar-refractivity contribution is 4.97. The Bertz CT molecular complexity index is 315. The van der Waals surface area contributed by atoms with E-state index in [0.717, 1.165) is 5.56 Å². The summed E-state index contributed by atoms with van der Waals surface area (Å²) in [6.45, 7) is 1.78. The molecule has 54 valence electrons. The van der Waals surface area contributed by atoms with Crippen molar-refractivity contribution in [3.63, 3.8) is 0 Å². The van der Waals surface area contributed by atoms with E-state index in [4.69, 9.17) is 5.41 Å². The Hall–Kier alpha value is -1.32. The molecule has 1 aromatic rings. The van der Waals surface area contributed by atoms with E-state index in [1.54, 1.807) is 20.2 Å². The molecule has 4 nitrogen and oxygen atoms in total. The van der Waals surface area contributed by atoms with Crippen LogP contribution in [0.2, 0.25) is 0 Å². The molecule has 0 amide bonds. The Morgan fingerprint density at radius 3 is 2.80 bits per heavy atom. The minimum Gasteiger partial charge on any atom is -0.304 e. The molecule has 0 aromatic carbocycles. The molecule has 0 fully saturated rings. The summed E-state index contributed by atoms with van der Waals surface area (Å²) < 4.78 is 1.41. The molecule has 1 heterocycles. The van der Waals surface area contributed by atoms with Gasteiger partial charge in [-0.1, -0.05) is 0 Å². The average molecular weight is 139 g/mol. The lowest BCUT2D eigenvalue weighted by Crippen LogP contribution is -2.28. The van der Waals surface area contributed by atoms with Gasteiger partial charge < -0.3 is 4.57 Å². The minimum atomic E-state index is -0.254. The Balaban J connectivity index is 3.59. The van der Waals surface area contributed by atoms with E-state index in [2.05, 4.69) is 4.98 Å². The normalized spacial score (nSPS) is 9.80. The van der Waals surface area contributed by atoms with Crippen molar-refractivity contribution < 1.29 is 0 Å². The van der Waals surface area contributed by atoms with Gasteiger partial charge in [-0.3, -0.25) is 10.4 Å². The topological polar surface area (TPSA) is 61.6 Å². The van der Waals surface area contributed by atoms with Gasteiger partial charge in [0.15, 0.2) is 0 Å². The molecule has 0 spiro atoms. The van der Waals surface area contributed by atoms with Crippen molar-refractivity contribution in [2.75, 3.05) is 0 Å². The van der Waals surface area contributed by atoms with Crippen LogP contribution in [0.25, 0.3) is 0 Å². The summed E-state index contributed by atoms with van der Waals surface area (Å²) in [7, 11) is 1.64. The highest BCUT2D eigenvalue weighted by Gasteiger charge is 1.91. The number of aryl methyl sites for hydroxylation is 2. The van der Waals surface area contributed by atoms with Crippen molar-refractivity contribution in [3.8, 4) is 0 Å². The average Bonchev–Trinajstić information content (AvgIpc) is 1.84. The second-order valence-electron chi connectivity index (χ2n) is 2.23. The van der Waals surface area contributed by atoms with Gasteiger partial charge in [0.25, 0.3) is 0 Å². The summed E-state index contributed by atoms with van der Waals surface area (Å²) in [5, 5.41) is 7.19. The summed E-state index contributed by atoms with van der Waals surface area (Å²) in [6, 6.07) is 0. The molecule has 0 unspecified atom stereocenters. The van der Waals surface area contributed by atoms with E-state index < -0.39 is 0 Å². The molecule has 1 rings (SSSR count). The van der Waals surface area contributed by atoms with E-state index in [-0.39, 0.29) is 11.2 Å². The Kier molecular flexibility index (Phi) is 1.45. The maximum absolute atomic E-state index is 10.8. The van der Waals surface area contributed by atoms with Crippen molar-refractivity contribution >= 4 is 0 Å². The fraction of sp³-hybridized carbons (Fsp3) is 0.333. The number of hydrogen-bond donors (Lipinski definition) is 2. The minimum absolute atomic E-state index is 0.183. The van der Waals surface area contributed by atoms with Crippen LogP contribution in [-0.4, -0.2) is 9.55 Å². The van der Waals surface area contributed by atoms with Gasteiger partial charge in [0.1, 0.15) is 5.49 Å². The lowest BCUT2D eigenvalue weighted by Gasteiger charge is -1.96. The van der Waals surface area contributed by atoms with Crippen LogP contribution in [-0.2, 0) is 7.05 Å². The fourth-order valence-corrected chi connectivity index (χ4v) is 0.707. The molecule has 0 aliphatic rings. The van der Waals surface area contributed by atoms with Gasteiger partial charge in [-0.05, 0) is 6.92 Å². The van der Waals surface area contributed by atoms with Crippen LogP contribution in [0.15, 0.2) is 11.0 Å². The molecular weight excluding hydrogens is 130 g/mol. The molecule has 2 N–H and O–H groups in total. The number of rotatable bonds is 0. The van der Waals surface area contributed by atoms with Crippen LogP contribution >= 0.6 is 0 Å². The maximum atomic E-state index is 10.8. The SMILES string of the molecule is Cc1cn(C)c(=O)[nH]c1=N. The Labute approximate surface area is 57.7 Å². The highest BCUT2D eigenvalue weighted by Crippen LogP contribution is 1.77. The third-order valence-electron chi connectivity index (χ3n) is 1.33. The van der Waals surface area contributed by atoms with Crippen molar-refractivity contribution in [3.05, 3.63) is 27.7 Å². The van der Waals surface area contributed by atoms with E-state index in [1.807, 2.05) is 0 Å². The molecule has 1 aromatic heterocycles. The zero-order chi connectivity index (χ0) is 7.72. The first-order chi connectivity index (χ1) is 4.61. The third-order valence-corrected chi connectivity index (χ3v) is 1.33. The zero-order valence-electron chi connectivity index (χ0n) is 5.93. The first-order valence-electron chi connectivity index (χ1n) is 2.92. The number of nitrogens with one attached hydrogen (secondary N) is 2. The summed E-state index contributed by atoms with van der Waals surface area (Å²) in [5.41, 5.74) is 0.695. The third kappa shape index (κ3) is 1.00. The second kappa shape index (κ2) is 2.13. The van der Waals surface area contributed by atoms with Crippen LogP contribution in [0, 0.1) is 12.3 Å². The van der Waals surface area contributed by atoms with Gasteiger partial charge in [-0.25, -0.2) is 4.79 Å². The van der Waals surface area contributed by atoms with Crippen LogP contribution in [0.4, 0.5) is 0 Å². The van der Waals surface area contributed by atoms with E-state index in [0.29, 0.717) is 0 Å². The van der Waals surface area contributed by atoms with Gasteiger partial charge in [-0.15, -0.1) is 0 Å². The fourth-order valence-electron chi connectivity index (χ4n) is 0.707. The lowest BCUT2D eigenvalue weighted by molar-refractivity contribution is 0.775. The van der Waals surface area contributed by atoms with Gasteiger partial charge in [0, 0.05) is 18.8 Å². The number of nitrogens with zero attached hydrogens (tertiary/aromatic N) is 1. The maximum Gasteiger partial charge on any atom is 0.326 e. The first-order valence-corrected chi connectivity index (χ1v) is 2.92. The molecule has 10 heavy (non-hydrogen) atoms. The number of hydrogen-bond acceptors (Lipinski definition) is 2. The molecule has 0 atom stereocenters. The zero-order valence-corrected chi connectivity index (χ0v) is 5.93. The van der Waals surface area contributed by atoms with Crippen LogP contribution in [0.1, 0.15) is 5.56 Å². The highest BCUT2D eigenvalue weighted by atomic mass is 16.1. The van der Waals surface area contributed by atoms with E-state index in [1.165, 1.54) is 4.57 Å². The van der Waals surface area contributed by atoms with Crippen LogP contribution in [0.3, 0.4) is 0 Å². The van der Waals surface area contributed by atoms with Crippen LogP contribution < -0.4 is 11.2 Å². The van der Waals surface area contributed by atoms with Gasteiger partial charge >= 0.3 is 5.69 Å². The largest absolute Gasteiger partial charge is 0.326 e. The van der Waals surface area contributed by atoms with Crippen molar-refractivity contribution in [1.29, 1.82) is 5.41 Å². The molecule has 0 radical (unpaired) electrons.